The first-order chi connectivity index (χ1) is 30.0. The van der Waals surface area contributed by atoms with Crippen LogP contribution in [0.15, 0.2) is 12.1 Å². The van der Waals surface area contributed by atoms with Gasteiger partial charge in [0.15, 0.2) is 11.4 Å². The maximum atomic E-state index is 13.5. The summed E-state index contributed by atoms with van der Waals surface area (Å²) in [5.74, 6) is -5.50. The monoisotopic (exact) mass is 1590 g/mol. The molecule has 0 aliphatic heterocycles. The number of carbonyl (C=O) groups excluding carboxylic acids is 6. The van der Waals surface area contributed by atoms with Gasteiger partial charge in [-0.2, -0.15) is 0 Å². The van der Waals surface area contributed by atoms with E-state index in [0.717, 1.165) is 27.7 Å². The predicted molar refractivity (Wildman–Crippen MR) is 286 cm³/mol. The third-order valence-electron chi connectivity index (χ3n) is 8.97. The van der Waals surface area contributed by atoms with Crippen molar-refractivity contribution in [3.8, 4) is 0 Å². The summed E-state index contributed by atoms with van der Waals surface area (Å²) >= 11 is 11.7. The predicted octanol–water partition coefficient (Wildman–Crippen LogP) is 1.22. The van der Waals surface area contributed by atoms with E-state index in [1.807, 2.05) is 146 Å². The maximum absolute atomic E-state index is 13.5. The van der Waals surface area contributed by atoms with Crippen molar-refractivity contribution in [2.75, 3.05) is 90.7 Å². The van der Waals surface area contributed by atoms with Crippen molar-refractivity contribution in [1.29, 1.82) is 0 Å². The SMILES string of the molecule is CN(CCOCCOCCOCCN(C)C(=O)c1c(I)cc(I)c(NC(=O)C(C)(O)C(=O)NC(C)(O)CO)c1I)C(=O)c1c(I)cc(I)c(NC(=O)C(C)(O)C(=O)NC(C)(O)CO)c1I. The van der Waals surface area contributed by atoms with Crippen LogP contribution in [0.2, 0.25) is 0 Å². The van der Waals surface area contributed by atoms with Crippen LogP contribution in [0.5, 0.6) is 0 Å². The molecule has 364 valence electrons. The summed E-state index contributed by atoms with van der Waals surface area (Å²) in [5.41, 5.74) is -8.52. The average molecular weight is 1590 g/mol. The lowest BCUT2D eigenvalue weighted by atomic mass is 10.0. The number of aliphatic hydroxyl groups is 6. The Balaban J connectivity index is 1.83. The lowest BCUT2D eigenvalue weighted by Gasteiger charge is -2.28. The van der Waals surface area contributed by atoms with Gasteiger partial charge in [-0.3, -0.25) is 28.8 Å². The molecule has 0 fully saturated rings. The summed E-state index contributed by atoms with van der Waals surface area (Å²) in [7, 11) is 3.17. The van der Waals surface area contributed by atoms with E-state index in [1.165, 1.54) is 9.80 Å². The summed E-state index contributed by atoms with van der Waals surface area (Å²) in [6.45, 7) is 4.02. The normalized spacial score (nSPS) is 15.0. The number of rotatable bonds is 24. The Hall–Kier alpha value is -0.720. The number of likely N-dealkylation sites (N-methyl/N-ethyl adjacent to an activating group) is 2. The van der Waals surface area contributed by atoms with Gasteiger partial charge in [0.2, 0.25) is 11.2 Å². The number of nitrogens with zero attached hydrogens (tertiary/aromatic N) is 2. The van der Waals surface area contributed by atoms with E-state index in [4.69, 9.17) is 14.2 Å². The highest BCUT2D eigenvalue weighted by molar-refractivity contribution is 14.1. The number of nitrogens with one attached hydrogen (secondary N) is 4. The van der Waals surface area contributed by atoms with Crippen LogP contribution in [0.3, 0.4) is 0 Å². The topological polar surface area (TPSA) is 306 Å². The van der Waals surface area contributed by atoms with Gasteiger partial charge in [0.1, 0.15) is 0 Å². The molecule has 0 saturated carbocycles. The molecule has 4 unspecified atom stereocenters. The lowest BCUT2D eigenvalue weighted by molar-refractivity contribution is -0.155. The highest BCUT2D eigenvalue weighted by atomic mass is 127. The minimum atomic E-state index is -2.65. The van der Waals surface area contributed by atoms with Crippen LogP contribution in [0, 0.1) is 21.4 Å². The smallest absolute Gasteiger partial charge is 0.265 e. The summed E-state index contributed by atoms with van der Waals surface area (Å²) in [4.78, 5) is 81.1. The van der Waals surface area contributed by atoms with Crippen LogP contribution in [0.4, 0.5) is 11.4 Å². The molecule has 0 saturated heterocycles. The molecule has 0 heterocycles. The van der Waals surface area contributed by atoms with Crippen LogP contribution >= 0.6 is 136 Å². The third kappa shape index (κ3) is 17.3. The fraction of sp³-hybridized carbons (Fsp3) is 0.526. The molecule has 2 aromatic rings. The Labute approximate surface area is 456 Å². The van der Waals surface area contributed by atoms with Crippen molar-refractivity contribution in [3.63, 3.8) is 0 Å². The Bertz CT molecular complexity index is 1950. The second kappa shape index (κ2) is 26.5. The summed E-state index contributed by atoms with van der Waals surface area (Å²) in [6, 6.07) is 3.32. The first-order valence-electron chi connectivity index (χ1n) is 19.0. The van der Waals surface area contributed by atoms with Crippen LogP contribution < -0.4 is 21.3 Å². The first-order valence-corrected chi connectivity index (χ1v) is 25.4. The van der Waals surface area contributed by atoms with Gasteiger partial charge in [-0.25, -0.2) is 0 Å². The number of aliphatic hydroxyl groups excluding tert-OH is 2. The number of hydrogen-bond acceptors (Lipinski definition) is 15. The van der Waals surface area contributed by atoms with E-state index in [9.17, 15) is 59.4 Å². The summed E-state index contributed by atoms with van der Waals surface area (Å²) in [6.07, 6.45) is 0. The fourth-order valence-electron chi connectivity index (χ4n) is 4.82. The quantitative estimate of drug-likeness (QED) is 0.0306. The van der Waals surface area contributed by atoms with Crippen molar-refractivity contribution in [2.24, 2.45) is 0 Å². The molecule has 0 aliphatic carbocycles. The average Bonchev–Trinajstić information content (AvgIpc) is 3.21. The Morgan fingerprint density at radius 2 is 0.815 bits per heavy atom. The number of halogens is 6. The van der Waals surface area contributed by atoms with E-state index in [1.54, 1.807) is 26.2 Å². The molecule has 0 spiro atoms. The minimum Gasteiger partial charge on any atom is -0.391 e. The molecule has 0 bridgehead atoms. The van der Waals surface area contributed by atoms with E-state index in [-0.39, 0.29) is 87.0 Å². The van der Waals surface area contributed by atoms with Gasteiger partial charge in [-0.05, 0) is 175 Å². The van der Waals surface area contributed by atoms with E-state index < -0.39 is 59.5 Å². The first kappa shape index (κ1) is 60.4. The van der Waals surface area contributed by atoms with E-state index in [0.29, 0.717) is 21.4 Å². The zero-order valence-electron chi connectivity index (χ0n) is 35.7. The van der Waals surface area contributed by atoms with Crippen LogP contribution in [-0.2, 0) is 33.4 Å². The Morgan fingerprint density at radius 1 is 0.523 bits per heavy atom. The van der Waals surface area contributed by atoms with Crippen LogP contribution in [0.25, 0.3) is 0 Å². The second-order valence-corrected chi connectivity index (χ2v) is 21.7. The molecule has 4 atom stereocenters. The van der Waals surface area contributed by atoms with Crippen molar-refractivity contribution in [2.45, 2.75) is 50.3 Å². The van der Waals surface area contributed by atoms with Gasteiger partial charge < -0.3 is 75.9 Å². The molecule has 6 amide bonds. The van der Waals surface area contributed by atoms with Gasteiger partial charge in [-0.1, -0.05) is 0 Å². The second-order valence-electron chi connectivity index (χ2n) is 14.9. The van der Waals surface area contributed by atoms with Gasteiger partial charge in [-0.15, -0.1) is 0 Å². The lowest BCUT2D eigenvalue weighted by Crippen LogP contribution is -2.60. The molecule has 10 N–H and O–H groups in total. The highest BCUT2D eigenvalue weighted by Crippen LogP contribution is 2.34. The number of carbonyl (C=O) groups is 6. The molecule has 0 aromatic heterocycles. The zero-order chi connectivity index (χ0) is 49.8. The maximum Gasteiger partial charge on any atom is 0.265 e. The number of hydrogen-bond donors (Lipinski definition) is 10. The molecule has 21 nitrogen and oxygen atoms in total. The summed E-state index contributed by atoms with van der Waals surface area (Å²) in [5, 5.41) is 68.8. The van der Waals surface area contributed by atoms with Crippen molar-refractivity contribution in [3.05, 3.63) is 44.7 Å². The minimum absolute atomic E-state index is 0.180. The zero-order valence-corrected chi connectivity index (χ0v) is 48.7. The Kier molecular flexibility index (Phi) is 24.6. The van der Waals surface area contributed by atoms with Crippen LogP contribution in [0.1, 0.15) is 48.4 Å². The van der Waals surface area contributed by atoms with E-state index >= 15 is 0 Å². The molecule has 2 aromatic carbocycles. The molecule has 0 radical (unpaired) electrons. The molecular weight excluding hydrogens is 1540 g/mol. The van der Waals surface area contributed by atoms with Crippen molar-refractivity contribution >= 4 is 182 Å². The number of anilines is 2. The van der Waals surface area contributed by atoms with Gasteiger partial charge in [0, 0.05) is 41.5 Å². The van der Waals surface area contributed by atoms with Crippen molar-refractivity contribution < 1.29 is 73.6 Å². The number of amides is 6. The molecule has 65 heavy (non-hydrogen) atoms. The van der Waals surface area contributed by atoms with Gasteiger partial charge in [0.25, 0.3) is 35.4 Å². The number of benzene rings is 2. The van der Waals surface area contributed by atoms with Gasteiger partial charge >= 0.3 is 0 Å². The Morgan fingerprint density at radius 3 is 1.11 bits per heavy atom. The molecule has 27 heteroatoms. The third-order valence-corrected chi connectivity index (χ3v) is 14.5. The molecule has 2 rings (SSSR count). The highest BCUT2D eigenvalue weighted by Gasteiger charge is 2.43. The van der Waals surface area contributed by atoms with E-state index in [2.05, 4.69) is 10.6 Å². The fourth-order valence-corrected chi connectivity index (χ4v) is 13.0. The number of ether oxygens (including phenoxy) is 3. The standard InChI is InChI=1S/C38H50I6N6O15/c1-35(59,17-51)47-33(57)37(3,61)31(55)45-27-21(41)15-19(39)23(25(27)43)29(53)49(5)7-9-63-11-13-65-14-12-64-10-8-50(6)30(54)24-20(40)16-22(42)28(26(24)44)46-32(56)38(4,62)34(58)48-36(2,60)18-52/h15-16,51-52,59-62H,7-14,17-18H2,1-6H3,(H,45,55)(H,46,56)(H,47,57)(H,48,58). The molecular formula is C38H50I6N6O15. The van der Waals surface area contributed by atoms with Gasteiger partial charge in [0.05, 0.1) is 82.5 Å². The van der Waals surface area contributed by atoms with Crippen LogP contribution in [-0.4, -0.2) is 179 Å². The molecule has 0 aliphatic rings. The largest absolute Gasteiger partial charge is 0.391 e. The summed E-state index contributed by atoms with van der Waals surface area (Å²) < 4.78 is 19.8. The van der Waals surface area contributed by atoms with Crippen molar-refractivity contribution in [1.82, 2.24) is 20.4 Å².